The Hall–Kier alpha value is -1.25. The summed E-state index contributed by atoms with van der Waals surface area (Å²) >= 11 is 11.2. The van der Waals surface area contributed by atoms with Crippen LogP contribution in [-0.2, 0) is 0 Å². The molecule has 0 fully saturated rings. The first-order valence-electron chi connectivity index (χ1n) is 4.65. The molecule has 0 amide bonds. The number of hydrogen-bond acceptors (Lipinski definition) is 2. The van der Waals surface area contributed by atoms with Crippen molar-refractivity contribution in [1.82, 2.24) is 0 Å². The number of carbonyl (C=O) groups excluding carboxylic acids is 1. The second-order valence-electron chi connectivity index (χ2n) is 3.23. The van der Waals surface area contributed by atoms with Crippen LogP contribution in [0.4, 0.5) is 0 Å². The van der Waals surface area contributed by atoms with Crippen LogP contribution >= 0.6 is 23.2 Å². The molecule has 82 valence electrons. The second kappa shape index (κ2) is 4.73. The van der Waals surface area contributed by atoms with Gasteiger partial charge in [0.1, 0.15) is 5.76 Å². The molecule has 0 unspecified atom stereocenters. The van der Waals surface area contributed by atoms with Gasteiger partial charge in [-0.05, 0) is 36.4 Å². The first-order valence-corrected chi connectivity index (χ1v) is 5.57. The van der Waals surface area contributed by atoms with Crippen molar-refractivity contribution < 1.29 is 9.21 Å². The van der Waals surface area contributed by atoms with Crippen molar-refractivity contribution in [3.8, 4) is 11.3 Å². The quantitative estimate of drug-likeness (QED) is 0.612. The van der Waals surface area contributed by atoms with E-state index in [1.165, 1.54) is 0 Å². The number of benzene rings is 1. The largest absolute Gasteiger partial charge is 0.453 e. The minimum atomic E-state index is -0.220. The maximum Gasteiger partial charge on any atom is 0.212 e. The van der Waals surface area contributed by atoms with E-state index in [0.717, 1.165) is 5.56 Å². The number of Topliss-reactive ketones (excluding diaryl/α,β-unsaturated/α-hetero) is 1. The average molecular weight is 255 g/mol. The molecule has 2 aromatic rings. The zero-order chi connectivity index (χ0) is 11.5. The van der Waals surface area contributed by atoms with E-state index < -0.39 is 0 Å². The van der Waals surface area contributed by atoms with Gasteiger partial charge in [0.2, 0.25) is 5.78 Å². The van der Waals surface area contributed by atoms with E-state index in [9.17, 15) is 4.79 Å². The molecule has 0 bridgehead atoms. The van der Waals surface area contributed by atoms with Gasteiger partial charge in [0.25, 0.3) is 0 Å². The fraction of sp³-hybridized carbons (Fsp3) is 0.0833. The fourth-order valence-corrected chi connectivity index (χ4v) is 1.58. The van der Waals surface area contributed by atoms with E-state index in [4.69, 9.17) is 27.6 Å². The Labute approximate surface area is 103 Å². The summed E-state index contributed by atoms with van der Waals surface area (Å²) in [6.07, 6.45) is 0. The molecule has 2 nitrogen and oxygen atoms in total. The van der Waals surface area contributed by atoms with Gasteiger partial charge in [-0.15, -0.1) is 11.6 Å². The number of furan rings is 1. The SMILES string of the molecule is O=C(CCl)c1ccc(-c2ccc(Cl)cc2)o1. The average Bonchev–Trinajstić information content (AvgIpc) is 2.78. The van der Waals surface area contributed by atoms with Crippen LogP contribution < -0.4 is 0 Å². The molecular weight excluding hydrogens is 247 g/mol. The monoisotopic (exact) mass is 254 g/mol. The van der Waals surface area contributed by atoms with E-state index in [2.05, 4.69) is 0 Å². The van der Waals surface area contributed by atoms with Crippen molar-refractivity contribution in [3.05, 3.63) is 47.2 Å². The van der Waals surface area contributed by atoms with Crippen molar-refractivity contribution in [2.24, 2.45) is 0 Å². The van der Waals surface area contributed by atoms with Crippen molar-refractivity contribution in [1.29, 1.82) is 0 Å². The van der Waals surface area contributed by atoms with Gasteiger partial charge in [-0.3, -0.25) is 4.79 Å². The Morgan fingerprint density at radius 3 is 2.44 bits per heavy atom. The lowest BCUT2D eigenvalue weighted by Crippen LogP contribution is -1.96. The third kappa shape index (κ3) is 2.29. The Bertz CT molecular complexity index is 500. The lowest BCUT2D eigenvalue weighted by atomic mass is 10.2. The van der Waals surface area contributed by atoms with E-state index >= 15 is 0 Å². The molecule has 0 saturated carbocycles. The smallest absolute Gasteiger partial charge is 0.212 e. The molecular formula is C12H8Cl2O2. The highest BCUT2D eigenvalue weighted by Crippen LogP contribution is 2.24. The van der Waals surface area contributed by atoms with Crippen LogP contribution in [0, 0.1) is 0 Å². The van der Waals surface area contributed by atoms with Gasteiger partial charge in [0.05, 0.1) is 5.88 Å². The van der Waals surface area contributed by atoms with Gasteiger partial charge >= 0.3 is 0 Å². The Kier molecular flexibility index (Phi) is 3.32. The third-order valence-corrected chi connectivity index (χ3v) is 2.63. The molecule has 0 saturated heterocycles. The maximum absolute atomic E-state index is 11.3. The van der Waals surface area contributed by atoms with E-state index in [1.54, 1.807) is 24.3 Å². The lowest BCUT2D eigenvalue weighted by molar-refractivity contribution is 0.0991. The van der Waals surface area contributed by atoms with Crippen molar-refractivity contribution in [3.63, 3.8) is 0 Å². The molecule has 16 heavy (non-hydrogen) atoms. The standard InChI is InChI=1S/C12H8Cl2O2/c13-7-10(15)12-6-5-11(16-12)8-1-3-9(14)4-2-8/h1-6H,7H2. The molecule has 1 heterocycles. The summed E-state index contributed by atoms with van der Waals surface area (Å²) in [7, 11) is 0. The van der Waals surface area contributed by atoms with Crippen LogP contribution in [-0.4, -0.2) is 11.7 Å². The molecule has 4 heteroatoms. The normalized spacial score (nSPS) is 10.4. The van der Waals surface area contributed by atoms with Gasteiger partial charge in [-0.1, -0.05) is 11.6 Å². The van der Waals surface area contributed by atoms with Crippen LogP contribution in [0.3, 0.4) is 0 Å². The lowest BCUT2D eigenvalue weighted by Gasteiger charge is -1.96. The first-order chi connectivity index (χ1) is 7.70. The van der Waals surface area contributed by atoms with E-state index in [0.29, 0.717) is 10.8 Å². The molecule has 0 N–H and O–H groups in total. The molecule has 0 aliphatic carbocycles. The summed E-state index contributed by atoms with van der Waals surface area (Å²) in [5.41, 5.74) is 0.873. The van der Waals surface area contributed by atoms with Gasteiger partial charge in [-0.25, -0.2) is 0 Å². The van der Waals surface area contributed by atoms with E-state index in [-0.39, 0.29) is 17.4 Å². The third-order valence-electron chi connectivity index (χ3n) is 2.13. The summed E-state index contributed by atoms with van der Waals surface area (Å²) in [4.78, 5) is 11.3. The van der Waals surface area contributed by atoms with Gasteiger partial charge < -0.3 is 4.42 Å². The maximum atomic E-state index is 11.3. The fourth-order valence-electron chi connectivity index (χ4n) is 1.32. The Morgan fingerprint density at radius 1 is 1.12 bits per heavy atom. The second-order valence-corrected chi connectivity index (χ2v) is 3.93. The highest BCUT2D eigenvalue weighted by Gasteiger charge is 2.10. The zero-order valence-electron chi connectivity index (χ0n) is 8.24. The molecule has 0 radical (unpaired) electrons. The number of alkyl halides is 1. The molecule has 1 aromatic carbocycles. The van der Waals surface area contributed by atoms with Crippen LogP contribution in [0.15, 0.2) is 40.8 Å². The first kappa shape index (κ1) is 11.2. The summed E-state index contributed by atoms with van der Waals surface area (Å²) in [6, 6.07) is 10.6. The molecule has 0 aliphatic heterocycles. The topological polar surface area (TPSA) is 30.2 Å². The Morgan fingerprint density at radius 2 is 1.81 bits per heavy atom. The van der Waals surface area contributed by atoms with Gasteiger partial charge in [-0.2, -0.15) is 0 Å². The van der Waals surface area contributed by atoms with Crippen LogP contribution in [0.5, 0.6) is 0 Å². The molecule has 0 spiro atoms. The van der Waals surface area contributed by atoms with Crippen LogP contribution in [0.2, 0.25) is 5.02 Å². The summed E-state index contributed by atoms with van der Waals surface area (Å²) in [6.45, 7) is 0. The van der Waals surface area contributed by atoms with E-state index in [1.807, 2.05) is 12.1 Å². The minimum Gasteiger partial charge on any atom is -0.453 e. The highest BCUT2D eigenvalue weighted by molar-refractivity contribution is 6.30. The summed E-state index contributed by atoms with van der Waals surface area (Å²) < 4.78 is 5.39. The number of carbonyl (C=O) groups is 1. The molecule has 0 aliphatic rings. The highest BCUT2D eigenvalue weighted by atomic mass is 35.5. The van der Waals surface area contributed by atoms with Gasteiger partial charge in [0.15, 0.2) is 5.76 Å². The van der Waals surface area contributed by atoms with Crippen LogP contribution in [0.25, 0.3) is 11.3 Å². The van der Waals surface area contributed by atoms with Crippen LogP contribution in [0.1, 0.15) is 10.6 Å². The minimum absolute atomic E-state index is 0.0758. The van der Waals surface area contributed by atoms with Gasteiger partial charge in [0, 0.05) is 10.6 Å². The number of rotatable bonds is 3. The molecule has 2 rings (SSSR count). The van der Waals surface area contributed by atoms with Crippen molar-refractivity contribution in [2.75, 3.05) is 5.88 Å². The number of hydrogen-bond donors (Lipinski definition) is 0. The Balaban J connectivity index is 2.31. The predicted molar refractivity (Wildman–Crippen MR) is 64.2 cm³/mol. The number of halogens is 2. The summed E-state index contributed by atoms with van der Waals surface area (Å²) in [5.74, 6) is 0.611. The molecule has 0 atom stereocenters. The van der Waals surface area contributed by atoms with Crippen molar-refractivity contribution in [2.45, 2.75) is 0 Å². The van der Waals surface area contributed by atoms with Crippen molar-refractivity contribution >= 4 is 29.0 Å². The zero-order valence-corrected chi connectivity index (χ0v) is 9.76. The molecule has 1 aromatic heterocycles. The number of ketones is 1. The predicted octanol–water partition coefficient (Wildman–Crippen LogP) is 4.02. The summed E-state index contributed by atoms with van der Waals surface area (Å²) in [5, 5.41) is 0.660.